The van der Waals surface area contributed by atoms with Gasteiger partial charge in [-0.05, 0) is 50.5 Å². The fraction of sp³-hybridized carbons (Fsp3) is 0.333. The van der Waals surface area contributed by atoms with E-state index >= 15 is 0 Å². The number of aromatic nitrogens is 2. The topological polar surface area (TPSA) is 46.9 Å². The van der Waals surface area contributed by atoms with E-state index in [2.05, 4.69) is 27.0 Å². The number of amides is 1. The summed E-state index contributed by atoms with van der Waals surface area (Å²) < 4.78 is 2.10. The first kappa shape index (κ1) is 12.0. The van der Waals surface area contributed by atoms with Crippen LogP contribution in [0.3, 0.4) is 0 Å². The Hall–Kier alpha value is -2.10. The number of carbonyl (C=O) groups excluding carboxylic acids is 1. The van der Waals surface area contributed by atoms with Crippen LogP contribution in [-0.2, 0) is 11.2 Å². The lowest BCUT2D eigenvalue weighted by molar-refractivity contribution is -0.116. The molecule has 1 aliphatic heterocycles. The summed E-state index contributed by atoms with van der Waals surface area (Å²) in [6.07, 6.45) is 3.41. The van der Waals surface area contributed by atoms with Gasteiger partial charge in [0.05, 0.1) is 5.69 Å². The van der Waals surface area contributed by atoms with Crippen molar-refractivity contribution in [2.45, 2.75) is 33.6 Å². The molecule has 0 saturated carbocycles. The standard InChI is InChI=1S/C15H17N3O/c1-9-6-13(18-8-10(2)16-11(18)3)7-12-4-5-14(19)17-15(9)12/h6-8H,4-5H2,1-3H3,(H,17,19). The van der Waals surface area contributed by atoms with Crippen LogP contribution in [0.25, 0.3) is 5.69 Å². The molecule has 1 aromatic heterocycles. The molecule has 0 saturated heterocycles. The molecule has 1 amide bonds. The van der Waals surface area contributed by atoms with E-state index in [1.807, 2.05) is 27.0 Å². The summed E-state index contributed by atoms with van der Waals surface area (Å²) in [5, 5.41) is 2.96. The third-order valence-corrected chi connectivity index (χ3v) is 3.57. The largest absolute Gasteiger partial charge is 0.326 e. The predicted octanol–water partition coefficient (Wildman–Crippen LogP) is 2.68. The first-order valence-corrected chi connectivity index (χ1v) is 6.51. The fourth-order valence-electron chi connectivity index (χ4n) is 2.68. The number of aryl methyl sites for hydroxylation is 4. The summed E-state index contributed by atoms with van der Waals surface area (Å²) >= 11 is 0. The lowest BCUT2D eigenvalue weighted by atomic mass is 9.98. The Balaban J connectivity index is 2.12. The van der Waals surface area contributed by atoms with E-state index in [1.54, 1.807) is 0 Å². The van der Waals surface area contributed by atoms with Crippen LogP contribution in [0.1, 0.15) is 29.1 Å². The van der Waals surface area contributed by atoms with Gasteiger partial charge in [0.25, 0.3) is 0 Å². The minimum Gasteiger partial charge on any atom is -0.326 e. The number of hydrogen-bond acceptors (Lipinski definition) is 2. The average molecular weight is 255 g/mol. The van der Waals surface area contributed by atoms with Crippen molar-refractivity contribution in [2.75, 3.05) is 5.32 Å². The van der Waals surface area contributed by atoms with Gasteiger partial charge in [-0.25, -0.2) is 4.98 Å². The molecule has 3 rings (SSSR count). The highest BCUT2D eigenvalue weighted by Crippen LogP contribution is 2.29. The van der Waals surface area contributed by atoms with Crippen LogP contribution in [0.5, 0.6) is 0 Å². The second kappa shape index (κ2) is 4.23. The second-order valence-electron chi connectivity index (χ2n) is 5.14. The summed E-state index contributed by atoms with van der Waals surface area (Å²) in [4.78, 5) is 15.9. The minimum atomic E-state index is 0.109. The average Bonchev–Trinajstić information content (AvgIpc) is 2.69. The number of hydrogen-bond donors (Lipinski definition) is 1. The van der Waals surface area contributed by atoms with Crippen molar-refractivity contribution in [2.24, 2.45) is 0 Å². The number of nitrogens with one attached hydrogen (secondary N) is 1. The van der Waals surface area contributed by atoms with Gasteiger partial charge in [0.2, 0.25) is 5.91 Å². The molecular weight excluding hydrogens is 238 g/mol. The highest BCUT2D eigenvalue weighted by Gasteiger charge is 2.18. The number of nitrogens with zero attached hydrogens (tertiary/aromatic N) is 2. The van der Waals surface area contributed by atoms with E-state index in [1.165, 1.54) is 5.56 Å². The molecular formula is C15H17N3O. The van der Waals surface area contributed by atoms with Crippen molar-refractivity contribution >= 4 is 11.6 Å². The molecule has 4 nitrogen and oxygen atoms in total. The Labute approximate surface area is 112 Å². The molecule has 0 spiro atoms. The number of anilines is 1. The molecule has 0 aliphatic carbocycles. The van der Waals surface area contributed by atoms with Gasteiger partial charge in [-0.1, -0.05) is 0 Å². The summed E-state index contributed by atoms with van der Waals surface area (Å²) in [7, 11) is 0. The quantitative estimate of drug-likeness (QED) is 0.851. The van der Waals surface area contributed by atoms with E-state index in [4.69, 9.17) is 0 Å². The molecule has 4 heteroatoms. The molecule has 2 aromatic rings. The van der Waals surface area contributed by atoms with Crippen LogP contribution in [0.2, 0.25) is 0 Å². The maximum Gasteiger partial charge on any atom is 0.224 e. The van der Waals surface area contributed by atoms with Crippen LogP contribution in [0, 0.1) is 20.8 Å². The molecule has 0 atom stereocenters. The molecule has 1 aliphatic rings. The molecule has 0 radical (unpaired) electrons. The van der Waals surface area contributed by atoms with Crippen molar-refractivity contribution in [1.29, 1.82) is 0 Å². The molecule has 2 heterocycles. The Bertz CT molecular complexity index is 670. The zero-order valence-corrected chi connectivity index (χ0v) is 11.4. The number of benzene rings is 1. The molecule has 1 N–H and O–H groups in total. The Morgan fingerprint density at radius 1 is 1.21 bits per heavy atom. The maximum absolute atomic E-state index is 11.5. The monoisotopic (exact) mass is 255 g/mol. The van der Waals surface area contributed by atoms with Gasteiger partial charge in [-0.3, -0.25) is 4.79 Å². The van der Waals surface area contributed by atoms with Crippen LogP contribution in [0.15, 0.2) is 18.3 Å². The van der Waals surface area contributed by atoms with Crippen molar-refractivity contribution in [3.63, 3.8) is 0 Å². The first-order valence-electron chi connectivity index (χ1n) is 6.51. The third-order valence-electron chi connectivity index (χ3n) is 3.57. The van der Waals surface area contributed by atoms with Gasteiger partial charge in [-0.15, -0.1) is 0 Å². The Morgan fingerprint density at radius 3 is 2.68 bits per heavy atom. The van der Waals surface area contributed by atoms with E-state index in [9.17, 15) is 4.79 Å². The zero-order valence-electron chi connectivity index (χ0n) is 11.4. The molecule has 0 bridgehead atoms. The number of fused-ring (bicyclic) bond motifs is 1. The number of rotatable bonds is 1. The van der Waals surface area contributed by atoms with Gasteiger partial charge >= 0.3 is 0 Å². The number of imidazole rings is 1. The van der Waals surface area contributed by atoms with Gasteiger partial charge in [0.15, 0.2) is 0 Å². The molecule has 19 heavy (non-hydrogen) atoms. The predicted molar refractivity (Wildman–Crippen MR) is 74.7 cm³/mol. The summed E-state index contributed by atoms with van der Waals surface area (Å²) in [5.41, 5.74) is 5.42. The van der Waals surface area contributed by atoms with Crippen molar-refractivity contribution in [3.8, 4) is 5.69 Å². The lowest BCUT2D eigenvalue weighted by Crippen LogP contribution is -2.20. The van der Waals surface area contributed by atoms with E-state index in [0.29, 0.717) is 6.42 Å². The Kier molecular flexibility index (Phi) is 2.66. The third kappa shape index (κ3) is 2.03. The van der Waals surface area contributed by atoms with Crippen molar-refractivity contribution in [1.82, 2.24) is 9.55 Å². The zero-order chi connectivity index (χ0) is 13.6. The van der Waals surface area contributed by atoms with Crippen LogP contribution in [-0.4, -0.2) is 15.5 Å². The van der Waals surface area contributed by atoms with Crippen LogP contribution >= 0.6 is 0 Å². The minimum absolute atomic E-state index is 0.109. The Morgan fingerprint density at radius 2 is 2.00 bits per heavy atom. The highest BCUT2D eigenvalue weighted by atomic mass is 16.1. The van der Waals surface area contributed by atoms with Gasteiger partial charge in [0, 0.05) is 24.0 Å². The van der Waals surface area contributed by atoms with E-state index in [-0.39, 0.29) is 5.91 Å². The second-order valence-corrected chi connectivity index (χ2v) is 5.14. The highest BCUT2D eigenvalue weighted by molar-refractivity contribution is 5.95. The lowest BCUT2D eigenvalue weighted by Gasteiger charge is -2.20. The van der Waals surface area contributed by atoms with Gasteiger partial charge in [-0.2, -0.15) is 0 Å². The summed E-state index contributed by atoms with van der Waals surface area (Å²) in [6, 6.07) is 4.24. The van der Waals surface area contributed by atoms with Gasteiger partial charge in [0.1, 0.15) is 5.82 Å². The van der Waals surface area contributed by atoms with E-state index < -0.39 is 0 Å². The summed E-state index contributed by atoms with van der Waals surface area (Å²) in [6.45, 7) is 6.03. The normalized spacial score (nSPS) is 14.2. The maximum atomic E-state index is 11.5. The molecule has 98 valence electrons. The molecule has 0 fully saturated rings. The summed E-state index contributed by atoms with van der Waals surface area (Å²) in [5.74, 6) is 1.09. The molecule has 1 aromatic carbocycles. The van der Waals surface area contributed by atoms with Crippen LogP contribution in [0.4, 0.5) is 5.69 Å². The number of carbonyl (C=O) groups is 1. The molecule has 0 unspecified atom stereocenters. The first-order chi connectivity index (χ1) is 9.04. The van der Waals surface area contributed by atoms with E-state index in [0.717, 1.165) is 34.9 Å². The van der Waals surface area contributed by atoms with Gasteiger partial charge < -0.3 is 9.88 Å². The van der Waals surface area contributed by atoms with Crippen LogP contribution < -0.4 is 5.32 Å². The SMILES string of the molecule is Cc1cn(-c2cc(C)c3c(c2)CCC(=O)N3)c(C)n1. The van der Waals surface area contributed by atoms with Crippen molar-refractivity contribution < 1.29 is 4.79 Å². The smallest absolute Gasteiger partial charge is 0.224 e. The van der Waals surface area contributed by atoms with Crippen molar-refractivity contribution in [3.05, 3.63) is 41.0 Å². The fourth-order valence-corrected chi connectivity index (χ4v) is 2.68.